The van der Waals surface area contributed by atoms with Crippen LogP contribution in [0.1, 0.15) is 83.3 Å². The number of fused-ring (bicyclic) bond motifs is 3. The molecular formula is C37H43BN6O5. The van der Waals surface area contributed by atoms with E-state index in [4.69, 9.17) is 23.4 Å². The summed E-state index contributed by atoms with van der Waals surface area (Å²) in [6, 6.07) is 15.8. The second kappa shape index (κ2) is 12.7. The number of nitriles is 1. The van der Waals surface area contributed by atoms with Gasteiger partial charge < -0.3 is 38.0 Å². The summed E-state index contributed by atoms with van der Waals surface area (Å²) < 4.78 is 27.1. The lowest BCUT2D eigenvalue weighted by Crippen LogP contribution is -2.41. The van der Waals surface area contributed by atoms with Crippen molar-refractivity contribution in [3.63, 3.8) is 0 Å². The molecule has 1 aliphatic carbocycles. The Hall–Kier alpha value is -4.57. The predicted octanol–water partition coefficient (Wildman–Crippen LogP) is 6.52. The molecule has 1 aliphatic heterocycles. The lowest BCUT2D eigenvalue weighted by atomic mass is 9.79. The standard InChI is InChI=1S/C37H43BN6O5/c1-36(2)37(3,4)49-38(48-36)24-14-12-23(13-15-24)22-46-35(43(5)6)27(20-39)32(45)29-16-17-30(47-29)34-42-28-21-41-33-26(18-19-40-33)31(28)44(34)25-10-8-7-9-11-25/h12-19,21,25,32,45H,7-11,22H2,1-6H3,(H,40,41)/b35-27-. The van der Waals surface area contributed by atoms with Crippen molar-refractivity contribution < 1.29 is 23.6 Å². The molecule has 0 radical (unpaired) electrons. The number of imidazole rings is 1. The van der Waals surface area contributed by atoms with Gasteiger partial charge in [-0.05, 0) is 69.8 Å². The molecule has 1 unspecified atom stereocenters. The van der Waals surface area contributed by atoms with Crippen LogP contribution < -0.4 is 5.46 Å². The molecule has 2 N–H and O–H groups in total. The number of ether oxygens (including phenoxy) is 1. The van der Waals surface area contributed by atoms with Gasteiger partial charge in [0.05, 0.1) is 22.9 Å². The van der Waals surface area contributed by atoms with Crippen LogP contribution in [0, 0.1) is 11.3 Å². The van der Waals surface area contributed by atoms with Crippen molar-refractivity contribution in [1.29, 1.82) is 5.26 Å². The average Bonchev–Trinajstić information content (AvgIpc) is 3.87. The first-order valence-corrected chi connectivity index (χ1v) is 17.0. The van der Waals surface area contributed by atoms with Gasteiger partial charge in [0, 0.05) is 31.7 Å². The maximum absolute atomic E-state index is 11.5. The lowest BCUT2D eigenvalue weighted by molar-refractivity contribution is 0.00578. The van der Waals surface area contributed by atoms with Crippen molar-refractivity contribution in [2.45, 2.75) is 89.8 Å². The van der Waals surface area contributed by atoms with Gasteiger partial charge in [0.1, 0.15) is 35.2 Å². The monoisotopic (exact) mass is 662 g/mol. The number of aromatic amines is 1. The molecule has 0 bridgehead atoms. The van der Waals surface area contributed by atoms with Gasteiger partial charge in [0.25, 0.3) is 0 Å². The number of aliphatic hydroxyl groups is 1. The number of aliphatic hydroxyl groups excluding tert-OH is 1. The van der Waals surface area contributed by atoms with E-state index in [9.17, 15) is 10.4 Å². The van der Waals surface area contributed by atoms with E-state index in [-0.39, 0.29) is 29.9 Å². The van der Waals surface area contributed by atoms with Crippen LogP contribution in [0.5, 0.6) is 0 Å². The molecule has 7 rings (SSSR count). The normalized spacial score (nSPS) is 18.9. The van der Waals surface area contributed by atoms with Crippen LogP contribution in [0.4, 0.5) is 0 Å². The fourth-order valence-electron chi connectivity index (χ4n) is 6.80. The van der Waals surface area contributed by atoms with Gasteiger partial charge >= 0.3 is 7.12 Å². The molecule has 5 aromatic rings. The van der Waals surface area contributed by atoms with Gasteiger partial charge in [-0.1, -0.05) is 43.5 Å². The SMILES string of the molecule is CN(C)/C(OCc1ccc(B2OC(C)(C)C(C)(C)O2)cc1)=C(\C#N)C(O)c1ccc(-c2nc3cnc4[nH]ccc4c3n2C2CCCCC2)o1. The van der Waals surface area contributed by atoms with Crippen LogP contribution in [0.15, 0.2) is 70.7 Å². The van der Waals surface area contributed by atoms with Crippen LogP contribution in [-0.4, -0.2) is 61.9 Å². The van der Waals surface area contributed by atoms with E-state index in [1.807, 2.05) is 70.3 Å². The second-order valence-electron chi connectivity index (χ2n) is 14.3. The minimum Gasteiger partial charge on any atom is -0.473 e. The van der Waals surface area contributed by atoms with Crippen molar-refractivity contribution in [2.24, 2.45) is 0 Å². The molecule has 0 amide bonds. The first-order chi connectivity index (χ1) is 23.5. The number of nitrogens with zero attached hydrogens (tertiary/aromatic N) is 5. The first-order valence-electron chi connectivity index (χ1n) is 17.0. The summed E-state index contributed by atoms with van der Waals surface area (Å²) in [6.45, 7) is 8.30. The van der Waals surface area contributed by atoms with E-state index in [2.05, 4.69) is 20.6 Å². The number of pyridine rings is 1. The van der Waals surface area contributed by atoms with E-state index in [0.717, 1.165) is 58.8 Å². The van der Waals surface area contributed by atoms with Crippen molar-refractivity contribution >= 4 is 34.6 Å². The molecule has 2 fully saturated rings. The molecular weight excluding hydrogens is 619 g/mol. The zero-order chi connectivity index (χ0) is 34.5. The number of benzene rings is 1. The minimum atomic E-state index is -1.35. The lowest BCUT2D eigenvalue weighted by Gasteiger charge is -2.32. The molecule has 2 aliphatic rings. The van der Waals surface area contributed by atoms with E-state index in [1.165, 1.54) is 6.42 Å². The Labute approximate surface area is 286 Å². The van der Waals surface area contributed by atoms with Crippen molar-refractivity contribution in [1.82, 2.24) is 24.4 Å². The molecule has 5 heterocycles. The zero-order valence-electron chi connectivity index (χ0n) is 29.0. The van der Waals surface area contributed by atoms with Crippen LogP contribution in [0.3, 0.4) is 0 Å². The summed E-state index contributed by atoms with van der Waals surface area (Å²) in [5, 5.41) is 22.8. The number of hydrogen-bond acceptors (Lipinski definition) is 9. The van der Waals surface area contributed by atoms with Gasteiger partial charge in [-0.2, -0.15) is 5.26 Å². The summed E-state index contributed by atoms with van der Waals surface area (Å²) in [5.74, 6) is 1.68. The summed E-state index contributed by atoms with van der Waals surface area (Å²) in [6.07, 6.45) is 7.97. The molecule has 12 heteroatoms. The smallest absolute Gasteiger partial charge is 0.473 e. The van der Waals surface area contributed by atoms with Crippen LogP contribution in [0.25, 0.3) is 33.7 Å². The topological polar surface area (TPSA) is 135 Å². The maximum atomic E-state index is 11.5. The van der Waals surface area contributed by atoms with Gasteiger partial charge in [0.15, 0.2) is 17.7 Å². The Morgan fingerprint density at radius 3 is 2.47 bits per heavy atom. The number of rotatable bonds is 9. The van der Waals surface area contributed by atoms with E-state index < -0.39 is 24.4 Å². The molecule has 254 valence electrons. The number of aromatic nitrogens is 4. The third kappa shape index (κ3) is 6.01. The largest absolute Gasteiger partial charge is 0.494 e. The van der Waals surface area contributed by atoms with Crippen LogP contribution >= 0.6 is 0 Å². The fourth-order valence-corrected chi connectivity index (χ4v) is 6.80. The maximum Gasteiger partial charge on any atom is 0.494 e. The number of furan rings is 1. The van der Waals surface area contributed by atoms with Crippen molar-refractivity contribution in [2.75, 3.05) is 14.1 Å². The Kier molecular flexibility index (Phi) is 8.55. The average molecular weight is 663 g/mol. The van der Waals surface area contributed by atoms with Gasteiger partial charge in [-0.3, -0.25) is 0 Å². The van der Waals surface area contributed by atoms with Crippen LogP contribution in [-0.2, 0) is 20.7 Å². The molecule has 1 aromatic carbocycles. The fraction of sp³-hybridized carbons (Fsp3) is 0.432. The van der Waals surface area contributed by atoms with E-state index in [1.54, 1.807) is 31.3 Å². The quantitative estimate of drug-likeness (QED) is 0.103. The van der Waals surface area contributed by atoms with E-state index in [0.29, 0.717) is 11.6 Å². The highest BCUT2D eigenvalue weighted by atomic mass is 16.7. The molecule has 1 atom stereocenters. The number of H-pyrrole nitrogens is 1. The highest BCUT2D eigenvalue weighted by Gasteiger charge is 2.51. The summed E-state index contributed by atoms with van der Waals surface area (Å²) in [7, 11) is 3.09. The van der Waals surface area contributed by atoms with E-state index >= 15 is 0 Å². The predicted molar refractivity (Wildman–Crippen MR) is 187 cm³/mol. The molecule has 1 saturated heterocycles. The molecule has 4 aromatic heterocycles. The third-order valence-corrected chi connectivity index (χ3v) is 10.2. The Bertz CT molecular complexity index is 2030. The summed E-state index contributed by atoms with van der Waals surface area (Å²) in [4.78, 5) is 14.4. The zero-order valence-corrected chi connectivity index (χ0v) is 29.0. The van der Waals surface area contributed by atoms with Crippen LogP contribution in [0.2, 0.25) is 0 Å². The first kappa shape index (κ1) is 33.0. The Balaban J connectivity index is 1.14. The van der Waals surface area contributed by atoms with Crippen molar-refractivity contribution in [3.05, 3.63) is 77.6 Å². The van der Waals surface area contributed by atoms with Crippen molar-refractivity contribution in [3.8, 4) is 17.7 Å². The summed E-state index contributed by atoms with van der Waals surface area (Å²) in [5.41, 5.74) is 3.62. The molecule has 0 spiro atoms. The Morgan fingerprint density at radius 2 is 1.80 bits per heavy atom. The van der Waals surface area contributed by atoms with Gasteiger partial charge in [0.2, 0.25) is 5.88 Å². The molecule has 11 nitrogen and oxygen atoms in total. The minimum absolute atomic E-state index is 0.0405. The molecule has 1 saturated carbocycles. The highest BCUT2D eigenvalue weighted by molar-refractivity contribution is 6.62. The number of nitrogens with one attached hydrogen (secondary N) is 1. The second-order valence-corrected chi connectivity index (χ2v) is 14.3. The number of hydrogen-bond donors (Lipinski definition) is 2. The summed E-state index contributed by atoms with van der Waals surface area (Å²) >= 11 is 0. The van der Waals surface area contributed by atoms with Gasteiger partial charge in [-0.15, -0.1) is 0 Å². The van der Waals surface area contributed by atoms with Gasteiger partial charge in [-0.25, -0.2) is 9.97 Å². The highest BCUT2D eigenvalue weighted by Crippen LogP contribution is 2.40. The third-order valence-electron chi connectivity index (χ3n) is 10.2. The molecule has 49 heavy (non-hydrogen) atoms. The Morgan fingerprint density at radius 1 is 1.08 bits per heavy atom.